The fraction of sp³-hybridized carbons (Fsp3) is 0.680. The van der Waals surface area contributed by atoms with Gasteiger partial charge in [0.1, 0.15) is 5.75 Å². The lowest BCUT2D eigenvalue weighted by molar-refractivity contribution is -0.261. The highest BCUT2D eigenvalue weighted by Gasteiger charge is 2.61. The predicted octanol–water partition coefficient (Wildman–Crippen LogP) is 4.73. The Morgan fingerprint density at radius 3 is 2.40 bits per heavy atom. The van der Waals surface area contributed by atoms with Gasteiger partial charge >= 0.3 is 12.3 Å². The number of carbonyl (C=O) groups excluding carboxylic acids is 1. The normalized spacial score (nSPS) is 21.7. The number of carbonyl (C=O) groups is 2. The molecule has 0 aliphatic carbocycles. The Morgan fingerprint density at radius 1 is 1.26 bits per heavy atom. The Morgan fingerprint density at radius 2 is 1.89 bits per heavy atom. The number of nitrogens with zero attached hydrogens (tertiary/aromatic N) is 2. The van der Waals surface area contributed by atoms with Crippen LogP contribution in [0.3, 0.4) is 0 Å². The molecule has 1 aromatic rings. The van der Waals surface area contributed by atoms with Gasteiger partial charge in [0, 0.05) is 31.7 Å². The second kappa shape index (κ2) is 10.6. The molecule has 0 bridgehead atoms. The minimum Gasteiger partial charge on any atom is -0.497 e. The molecular weight excluding hydrogens is 465 g/mol. The maximum atomic E-state index is 14.0. The maximum absolute atomic E-state index is 14.0. The molecule has 1 aromatic carbocycles. The zero-order valence-electron chi connectivity index (χ0n) is 21.2. The van der Waals surface area contributed by atoms with Crippen LogP contribution in [0.4, 0.5) is 18.0 Å². The molecular formula is C25H37F3N2O5. The van der Waals surface area contributed by atoms with Crippen molar-refractivity contribution < 1.29 is 37.7 Å². The minimum atomic E-state index is -5.24. The van der Waals surface area contributed by atoms with Gasteiger partial charge in [-0.05, 0) is 48.6 Å². The van der Waals surface area contributed by atoms with Crippen molar-refractivity contribution in [2.24, 2.45) is 17.3 Å². The average molecular weight is 503 g/mol. The summed E-state index contributed by atoms with van der Waals surface area (Å²) in [6, 6.07) is 4.60. The molecule has 0 saturated carbocycles. The maximum Gasteiger partial charge on any atom is 0.430 e. The van der Waals surface area contributed by atoms with Gasteiger partial charge in [-0.3, -0.25) is 4.79 Å². The number of piperidine rings is 1. The SMILES string of the molecule is COc1cccc(C(O)(C(=O)N(C)CC(C)CC2CCN(C(=O)O)C(C(C)(C)C)C2)C(F)(F)F)c1. The van der Waals surface area contributed by atoms with E-state index in [9.17, 15) is 33.0 Å². The number of alkyl halides is 3. The third-order valence-corrected chi connectivity index (χ3v) is 6.83. The Balaban J connectivity index is 2.15. The number of carboxylic acid groups (broad SMARTS) is 1. The van der Waals surface area contributed by atoms with Crippen molar-refractivity contribution in [3.63, 3.8) is 0 Å². The molecule has 1 saturated heterocycles. The van der Waals surface area contributed by atoms with Gasteiger partial charge < -0.3 is 24.7 Å². The second-order valence-corrected chi connectivity index (χ2v) is 10.7. The standard InChI is InChI=1S/C25H37F3N2O5/c1-16(12-17-10-11-30(22(32)33)20(13-17)23(2,3)4)15-29(5)21(31)24(34,25(26,27)28)18-8-7-9-19(14-18)35-6/h7-9,14,16-17,20,34H,10-13,15H2,1-6H3,(H,32,33). The molecule has 35 heavy (non-hydrogen) atoms. The number of likely N-dealkylation sites (tertiary alicyclic amines) is 1. The lowest BCUT2D eigenvalue weighted by Crippen LogP contribution is -2.55. The van der Waals surface area contributed by atoms with Crippen LogP contribution in [-0.2, 0) is 10.4 Å². The molecule has 4 atom stereocenters. The number of rotatable bonds is 7. The van der Waals surface area contributed by atoms with Crippen molar-refractivity contribution in [1.82, 2.24) is 9.80 Å². The molecule has 1 aliphatic rings. The van der Waals surface area contributed by atoms with Crippen LogP contribution >= 0.6 is 0 Å². The van der Waals surface area contributed by atoms with Crippen molar-refractivity contribution in [2.75, 3.05) is 27.2 Å². The van der Waals surface area contributed by atoms with Crippen molar-refractivity contribution in [3.8, 4) is 5.75 Å². The first-order valence-corrected chi connectivity index (χ1v) is 11.7. The van der Waals surface area contributed by atoms with Crippen LogP contribution < -0.4 is 4.74 Å². The molecule has 1 heterocycles. The van der Waals surface area contributed by atoms with E-state index in [2.05, 4.69) is 0 Å². The van der Waals surface area contributed by atoms with Crippen LogP contribution in [0.5, 0.6) is 5.75 Å². The third-order valence-electron chi connectivity index (χ3n) is 6.83. The van der Waals surface area contributed by atoms with Crippen molar-refractivity contribution in [1.29, 1.82) is 0 Å². The number of ether oxygens (including phenoxy) is 1. The number of aliphatic hydroxyl groups is 1. The van der Waals surface area contributed by atoms with Crippen LogP contribution in [-0.4, -0.2) is 71.5 Å². The monoisotopic (exact) mass is 502 g/mol. The molecule has 2 N–H and O–H groups in total. The van der Waals surface area contributed by atoms with Crippen LogP contribution in [0.25, 0.3) is 0 Å². The Labute approximate surface area is 204 Å². The molecule has 0 aromatic heterocycles. The van der Waals surface area contributed by atoms with Crippen LogP contribution in [0.15, 0.2) is 24.3 Å². The summed E-state index contributed by atoms with van der Waals surface area (Å²) in [6.45, 7) is 8.22. The molecule has 10 heteroatoms. The number of hydrogen-bond acceptors (Lipinski definition) is 4. The lowest BCUT2D eigenvalue weighted by Gasteiger charge is -2.45. The molecule has 0 radical (unpaired) electrons. The minimum absolute atomic E-state index is 0.0144. The molecule has 1 aliphatic heterocycles. The number of benzene rings is 1. The summed E-state index contributed by atoms with van der Waals surface area (Å²) >= 11 is 0. The van der Waals surface area contributed by atoms with Crippen molar-refractivity contribution in [2.45, 2.75) is 64.8 Å². The molecule has 2 amide bonds. The number of likely N-dealkylation sites (N-methyl/N-ethyl adjacent to an activating group) is 1. The van der Waals surface area contributed by atoms with Gasteiger partial charge in [0.05, 0.1) is 7.11 Å². The van der Waals surface area contributed by atoms with Gasteiger partial charge in [-0.1, -0.05) is 39.8 Å². The highest BCUT2D eigenvalue weighted by atomic mass is 19.4. The van der Waals surface area contributed by atoms with E-state index >= 15 is 0 Å². The summed E-state index contributed by atoms with van der Waals surface area (Å²) in [6.07, 6.45) is -4.27. The summed E-state index contributed by atoms with van der Waals surface area (Å²) < 4.78 is 47.0. The van der Waals surface area contributed by atoms with E-state index in [0.717, 1.165) is 17.0 Å². The van der Waals surface area contributed by atoms with Gasteiger partial charge in [-0.15, -0.1) is 0 Å². The zero-order chi connectivity index (χ0) is 26.8. The van der Waals surface area contributed by atoms with E-state index < -0.39 is 29.3 Å². The summed E-state index contributed by atoms with van der Waals surface area (Å²) in [5, 5.41) is 20.2. The number of hydrogen-bond donors (Lipinski definition) is 2. The van der Waals surface area contributed by atoms with Crippen LogP contribution in [0.1, 0.15) is 52.5 Å². The predicted molar refractivity (Wildman–Crippen MR) is 125 cm³/mol. The molecule has 7 nitrogen and oxygen atoms in total. The fourth-order valence-electron chi connectivity index (χ4n) is 5.03. The summed E-state index contributed by atoms with van der Waals surface area (Å²) in [5.41, 5.74) is -4.57. The van der Waals surface area contributed by atoms with E-state index in [-0.39, 0.29) is 35.6 Å². The van der Waals surface area contributed by atoms with E-state index in [4.69, 9.17) is 4.74 Å². The topological polar surface area (TPSA) is 90.3 Å². The molecule has 4 unspecified atom stereocenters. The number of methoxy groups -OCH3 is 1. The molecule has 1 fully saturated rings. The summed E-state index contributed by atoms with van der Waals surface area (Å²) in [7, 11) is 2.53. The van der Waals surface area contributed by atoms with E-state index in [1.54, 1.807) is 0 Å². The van der Waals surface area contributed by atoms with Crippen molar-refractivity contribution >= 4 is 12.0 Å². The van der Waals surface area contributed by atoms with Gasteiger partial charge in [-0.25, -0.2) is 4.79 Å². The van der Waals surface area contributed by atoms with Crippen LogP contribution in [0.2, 0.25) is 0 Å². The summed E-state index contributed by atoms with van der Waals surface area (Å²) in [4.78, 5) is 27.0. The van der Waals surface area contributed by atoms with Gasteiger partial charge in [0.15, 0.2) is 0 Å². The number of halogens is 3. The molecule has 2 rings (SSSR count). The van der Waals surface area contributed by atoms with Gasteiger partial charge in [0.25, 0.3) is 11.5 Å². The summed E-state index contributed by atoms with van der Waals surface area (Å²) in [5.74, 6) is -1.35. The first-order chi connectivity index (χ1) is 16.0. The first-order valence-electron chi connectivity index (χ1n) is 11.7. The average Bonchev–Trinajstić information content (AvgIpc) is 2.76. The highest BCUT2D eigenvalue weighted by Crippen LogP contribution is 2.42. The van der Waals surface area contributed by atoms with Gasteiger partial charge in [-0.2, -0.15) is 13.2 Å². The zero-order valence-corrected chi connectivity index (χ0v) is 21.2. The molecule has 0 spiro atoms. The Hall–Kier alpha value is -2.49. The first kappa shape index (κ1) is 28.7. The molecule has 198 valence electrons. The Kier molecular flexibility index (Phi) is 8.74. The fourth-order valence-corrected chi connectivity index (χ4v) is 5.03. The third kappa shape index (κ3) is 6.39. The Bertz CT molecular complexity index is 902. The smallest absolute Gasteiger partial charge is 0.430 e. The van der Waals surface area contributed by atoms with Crippen molar-refractivity contribution in [3.05, 3.63) is 29.8 Å². The van der Waals surface area contributed by atoms with E-state index in [0.29, 0.717) is 25.8 Å². The lowest BCUT2D eigenvalue weighted by atomic mass is 9.75. The number of amides is 2. The van der Waals surface area contributed by atoms with Crippen LogP contribution in [0, 0.1) is 17.3 Å². The van der Waals surface area contributed by atoms with E-state index in [1.807, 2.05) is 27.7 Å². The van der Waals surface area contributed by atoms with Gasteiger partial charge in [0.2, 0.25) is 0 Å². The highest BCUT2D eigenvalue weighted by molar-refractivity contribution is 5.87. The quantitative estimate of drug-likeness (QED) is 0.563. The van der Waals surface area contributed by atoms with E-state index in [1.165, 1.54) is 31.2 Å². The second-order valence-electron chi connectivity index (χ2n) is 10.7. The largest absolute Gasteiger partial charge is 0.497 e.